The molecule has 2 atom stereocenters. The predicted octanol–water partition coefficient (Wildman–Crippen LogP) is 2.25. The first-order valence-corrected chi connectivity index (χ1v) is 7.73. The van der Waals surface area contributed by atoms with Gasteiger partial charge in [0.05, 0.1) is 0 Å². The van der Waals surface area contributed by atoms with Crippen molar-refractivity contribution < 1.29 is 0 Å². The van der Waals surface area contributed by atoms with Gasteiger partial charge < -0.3 is 5.32 Å². The van der Waals surface area contributed by atoms with E-state index in [1.54, 1.807) is 16.4 Å². The lowest BCUT2D eigenvalue weighted by Crippen LogP contribution is -2.38. The number of nitrogens with one attached hydrogen (secondary N) is 1. The highest BCUT2D eigenvalue weighted by molar-refractivity contribution is 7.99. The van der Waals surface area contributed by atoms with Crippen LogP contribution in [0.4, 0.5) is 0 Å². The molecule has 0 aliphatic carbocycles. The van der Waals surface area contributed by atoms with E-state index in [0.29, 0.717) is 11.3 Å². The molecular formula is C12H25N5S. The molecule has 0 aliphatic heterocycles. The molecule has 18 heavy (non-hydrogen) atoms. The average molecular weight is 271 g/mol. The zero-order valence-corrected chi connectivity index (χ0v) is 12.7. The standard InChI is InChI=1S/C12H25N5S/c1-5-8-10(13-9-6-2)11(7-3)18-12-14-15-16-17(12)4/h10-11,13H,5-9H2,1-4H3. The van der Waals surface area contributed by atoms with Crippen molar-refractivity contribution in [1.82, 2.24) is 25.5 Å². The quantitative estimate of drug-likeness (QED) is 0.698. The number of aromatic nitrogens is 4. The fourth-order valence-corrected chi connectivity index (χ4v) is 3.07. The molecule has 0 aliphatic rings. The van der Waals surface area contributed by atoms with E-state index in [9.17, 15) is 0 Å². The zero-order valence-electron chi connectivity index (χ0n) is 11.9. The lowest BCUT2D eigenvalue weighted by atomic mass is 10.1. The van der Waals surface area contributed by atoms with Crippen LogP contribution in [0.25, 0.3) is 0 Å². The molecule has 104 valence electrons. The Labute approximate surface area is 114 Å². The Morgan fingerprint density at radius 3 is 2.56 bits per heavy atom. The summed E-state index contributed by atoms with van der Waals surface area (Å²) in [7, 11) is 1.89. The van der Waals surface area contributed by atoms with Gasteiger partial charge in [-0.1, -0.05) is 39.0 Å². The molecule has 6 heteroatoms. The van der Waals surface area contributed by atoms with E-state index >= 15 is 0 Å². The van der Waals surface area contributed by atoms with Crippen molar-refractivity contribution in [3.63, 3.8) is 0 Å². The van der Waals surface area contributed by atoms with Crippen LogP contribution in [-0.2, 0) is 7.05 Å². The first-order chi connectivity index (χ1) is 8.72. The van der Waals surface area contributed by atoms with E-state index in [1.807, 2.05) is 7.05 Å². The van der Waals surface area contributed by atoms with Crippen LogP contribution in [0.1, 0.15) is 46.5 Å². The fraction of sp³-hybridized carbons (Fsp3) is 0.917. The molecule has 0 aromatic carbocycles. The smallest absolute Gasteiger partial charge is 0.209 e. The first-order valence-electron chi connectivity index (χ1n) is 6.85. The van der Waals surface area contributed by atoms with Crippen LogP contribution in [0, 0.1) is 0 Å². The number of aryl methyl sites for hydroxylation is 1. The minimum atomic E-state index is 0.529. The molecule has 0 spiro atoms. The van der Waals surface area contributed by atoms with Gasteiger partial charge in [0, 0.05) is 18.3 Å². The van der Waals surface area contributed by atoms with Gasteiger partial charge in [-0.05, 0) is 36.2 Å². The van der Waals surface area contributed by atoms with Crippen molar-refractivity contribution in [3.8, 4) is 0 Å². The van der Waals surface area contributed by atoms with E-state index in [4.69, 9.17) is 0 Å². The lowest BCUT2D eigenvalue weighted by molar-refractivity contribution is 0.453. The van der Waals surface area contributed by atoms with E-state index in [-0.39, 0.29) is 0 Å². The molecule has 2 unspecified atom stereocenters. The molecule has 0 saturated heterocycles. The Bertz CT molecular complexity index is 328. The second kappa shape index (κ2) is 8.48. The van der Waals surface area contributed by atoms with Crippen LogP contribution in [0.2, 0.25) is 0 Å². The van der Waals surface area contributed by atoms with Crippen LogP contribution < -0.4 is 5.32 Å². The molecule has 5 nitrogen and oxygen atoms in total. The third kappa shape index (κ3) is 4.57. The van der Waals surface area contributed by atoms with Crippen molar-refractivity contribution in [1.29, 1.82) is 0 Å². The summed E-state index contributed by atoms with van der Waals surface area (Å²) in [5, 5.41) is 16.7. The second-order valence-electron chi connectivity index (χ2n) is 4.50. The number of hydrogen-bond donors (Lipinski definition) is 1. The number of hydrogen-bond acceptors (Lipinski definition) is 5. The molecule has 0 radical (unpaired) electrons. The minimum absolute atomic E-state index is 0.529. The van der Waals surface area contributed by atoms with E-state index in [0.717, 1.165) is 18.1 Å². The van der Waals surface area contributed by atoms with Crippen LogP contribution in [0.3, 0.4) is 0 Å². The summed E-state index contributed by atoms with van der Waals surface area (Å²) < 4.78 is 1.75. The molecule has 1 heterocycles. The third-order valence-corrected chi connectivity index (χ3v) is 4.47. The van der Waals surface area contributed by atoms with Gasteiger partial charge in [0.1, 0.15) is 0 Å². The number of tetrazole rings is 1. The van der Waals surface area contributed by atoms with Crippen LogP contribution >= 0.6 is 11.8 Å². The monoisotopic (exact) mass is 271 g/mol. The number of thioether (sulfide) groups is 1. The summed E-state index contributed by atoms with van der Waals surface area (Å²) in [6.07, 6.45) is 4.71. The average Bonchev–Trinajstić information content (AvgIpc) is 2.77. The molecule has 0 amide bonds. The molecule has 1 aromatic rings. The number of rotatable bonds is 9. The maximum atomic E-state index is 4.06. The Hall–Kier alpha value is -0.620. The predicted molar refractivity (Wildman–Crippen MR) is 75.7 cm³/mol. The summed E-state index contributed by atoms with van der Waals surface area (Å²) in [6, 6.07) is 0.543. The van der Waals surface area contributed by atoms with Crippen molar-refractivity contribution in [2.75, 3.05) is 6.54 Å². The summed E-state index contributed by atoms with van der Waals surface area (Å²) in [5.74, 6) is 0. The van der Waals surface area contributed by atoms with Crippen molar-refractivity contribution in [2.45, 2.75) is 62.9 Å². The lowest BCUT2D eigenvalue weighted by Gasteiger charge is -2.26. The van der Waals surface area contributed by atoms with Gasteiger partial charge in [-0.25, -0.2) is 4.68 Å². The van der Waals surface area contributed by atoms with Gasteiger partial charge in [-0.3, -0.25) is 0 Å². The first kappa shape index (κ1) is 15.4. The van der Waals surface area contributed by atoms with Crippen molar-refractivity contribution in [2.24, 2.45) is 7.05 Å². The SMILES string of the molecule is CCCNC(CCC)C(CC)Sc1nnnn1C. The fourth-order valence-electron chi connectivity index (χ4n) is 1.97. The highest BCUT2D eigenvalue weighted by Gasteiger charge is 2.21. The summed E-state index contributed by atoms with van der Waals surface area (Å²) in [6.45, 7) is 7.76. The Morgan fingerprint density at radius 1 is 1.28 bits per heavy atom. The topological polar surface area (TPSA) is 55.6 Å². The Morgan fingerprint density at radius 2 is 2.06 bits per heavy atom. The summed E-state index contributed by atoms with van der Waals surface area (Å²) >= 11 is 1.78. The van der Waals surface area contributed by atoms with E-state index in [2.05, 4.69) is 41.6 Å². The van der Waals surface area contributed by atoms with Crippen molar-refractivity contribution >= 4 is 11.8 Å². The van der Waals surface area contributed by atoms with E-state index in [1.165, 1.54) is 19.3 Å². The second-order valence-corrected chi connectivity index (χ2v) is 5.71. The minimum Gasteiger partial charge on any atom is -0.313 e. The largest absolute Gasteiger partial charge is 0.313 e. The van der Waals surface area contributed by atoms with Crippen LogP contribution in [0.15, 0.2) is 5.16 Å². The summed E-state index contributed by atoms with van der Waals surface area (Å²) in [4.78, 5) is 0. The van der Waals surface area contributed by atoms with Gasteiger partial charge in [-0.2, -0.15) is 0 Å². The Kier molecular flexibility index (Phi) is 7.27. The summed E-state index contributed by atoms with van der Waals surface area (Å²) in [5.41, 5.74) is 0. The van der Waals surface area contributed by atoms with Gasteiger partial charge in [0.25, 0.3) is 0 Å². The zero-order chi connectivity index (χ0) is 13.4. The molecule has 1 rings (SSSR count). The number of nitrogens with zero attached hydrogens (tertiary/aromatic N) is 4. The maximum absolute atomic E-state index is 4.06. The van der Waals surface area contributed by atoms with Crippen molar-refractivity contribution in [3.05, 3.63) is 0 Å². The third-order valence-electron chi connectivity index (χ3n) is 2.95. The molecule has 0 saturated carbocycles. The highest BCUT2D eigenvalue weighted by atomic mass is 32.2. The normalized spacial score (nSPS) is 14.7. The maximum Gasteiger partial charge on any atom is 0.209 e. The van der Waals surface area contributed by atoms with Crippen LogP contribution in [-0.4, -0.2) is 38.0 Å². The molecule has 0 fully saturated rings. The van der Waals surface area contributed by atoms with Gasteiger partial charge in [0.15, 0.2) is 0 Å². The molecule has 1 aromatic heterocycles. The van der Waals surface area contributed by atoms with Crippen LogP contribution in [0.5, 0.6) is 0 Å². The highest BCUT2D eigenvalue weighted by Crippen LogP contribution is 2.26. The molecule has 0 bridgehead atoms. The van der Waals surface area contributed by atoms with Gasteiger partial charge in [0.2, 0.25) is 5.16 Å². The molecular weight excluding hydrogens is 246 g/mol. The van der Waals surface area contributed by atoms with Gasteiger partial charge >= 0.3 is 0 Å². The van der Waals surface area contributed by atoms with Gasteiger partial charge in [-0.15, -0.1) is 5.10 Å². The Balaban J connectivity index is 2.63. The molecule has 1 N–H and O–H groups in total. The van der Waals surface area contributed by atoms with E-state index < -0.39 is 0 Å².